The molecule has 9 heteroatoms. The molecule has 0 aromatic carbocycles. The van der Waals surface area contributed by atoms with Gasteiger partial charge in [-0.15, -0.1) is 0 Å². The summed E-state index contributed by atoms with van der Waals surface area (Å²) in [5.41, 5.74) is 0. The lowest BCUT2D eigenvalue weighted by Gasteiger charge is -2.18. The molecule has 3 rings (SSSR count). The van der Waals surface area contributed by atoms with Crippen molar-refractivity contribution in [2.45, 2.75) is 18.9 Å². The number of hydrogen-bond acceptors (Lipinski definition) is 6. The van der Waals surface area contributed by atoms with E-state index in [1.807, 2.05) is 0 Å². The molecule has 0 saturated heterocycles. The molecule has 178 valence electrons. The highest BCUT2D eigenvalue weighted by Crippen LogP contribution is 2.12. The van der Waals surface area contributed by atoms with Gasteiger partial charge < -0.3 is 10.1 Å². The number of aliphatic imine (C=N–C) groups is 1. The molecular weight excluding hydrogens is 436 g/mol. The lowest BCUT2D eigenvalue weighted by Crippen LogP contribution is -2.47. The first kappa shape index (κ1) is 24.6. The average Bonchev–Trinajstić information content (AvgIpc) is 3.62. The fraction of sp³-hybridized carbons (Fsp3) is 0.320. The molecule has 3 aliphatic carbocycles. The van der Waals surface area contributed by atoms with E-state index in [0.717, 1.165) is 0 Å². The van der Waals surface area contributed by atoms with Crippen LogP contribution >= 0.6 is 0 Å². The fourth-order valence-electron chi connectivity index (χ4n) is 3.48. The second-order valence-corrected chi connectivity index (χ2v) is 7.82. The van der Waals surface area contributed by atoms with Gasteiger partial charge in [0.15, 0.2) is 0 Å². The Morgan fingerprint density at radius 2 is 1.21 bits per heavy atom. The Kier molecular flexibility index (Phi) is 8.90. The van der Waals surface area contributed by atoms with E-state index in [2.05, 4.69) is 20.9 Å². The van der Waals surface area contributed by atoms with Gasteiger partial charge in [0.2, 0.25) is 23.7 Å². The van der Waals surface area contributed by atoms with Crippen LogP contribution in [0.2, 0.25) is 0 Å². The number of carbonyl (C=O) groups excluding carboxylic acids is 4. The highest BCUT2D eigenvalue weighted by Gasteiger charge is 2.25. The molecule has 0 spiro atoms. The Morgan fingerprint density at radius 1 is 0.765 bits per heavy atom. The number of ether oxygens (including phenoxy) is 1. The molecule has 0 aromatic heterocycles. The topological polar surface area (TPSA) is 126 Å². The third-order valence-corrected chi connectivity index (χ3v) is 5.36. The summed E-state index contributed by atoms with van der Waals surface area (Å²) >= 11 is 0. The molecule has 0 bridgehead atoms. The summed E-state index contributed by atoms with van der Waals surface area (Å²) in [6.07, 6.45) is 21.7. The third-order valence-electron chi connectivity index (χ3n) is 5.36. The van der Waals surface area contributed by atoms with Gasteiger partial charge >= 0.3 is 5.97 Å². The minimum atomic E-state index is -0.828. The Morgan fingerprint density at radius 3 is 1.65 bits per heavy atom. The number of rotatable bonds is 9. The smallest absolute Gasteiger partial charge is 0.328 e. The SMILES string of the molecule is COC(=O)[C@H](CCCN=C(NC(=O)C1C=CC=C1)NC(=O)C1C=CC=C1)NC(=O)C1C=CC=C1. The van der Waals surface area contributed by atoms with Crippen molar-refractivity contribution in [3.8, 4) is 0 Å². The molecule has 0 unspecified atom stereocenters. The molecule has 0 aliphatic heterocycles. The van der Waals surface area contributed by atoms with Gasteiger partial charge in [0.25, 0.3) is 0 Å². The summed E-state index contributed by atoms with van der Waals surface area (Å²) in [6, 6.07) is -0.828. The van der Waals surface area contributed by atoms with Crippen LogP contribution in [0.1, 0.15) is 12.8 Å². The summed E-state index contributed by atoms with van der Waals surface area (Å²) in [4.78, 5) is 53.8. The van der Waals surface area contributed by atoms with Gasteiger partial charge in [-0.2, -0.15) is 0 Å². The highest BCUT2D eigenvalue weighted by atomic mass is 16.5. The van der Waals surface area contributed by atoms with Crippen LogP contribution in [0.25, 0.3) is 0 Å². The van der Waals surface area contributed by atoms with Crippen LogP contribution in [0.5, 0.6) is 0 Å². The third kappa shape index (κ3) is 6.99. The number of nitrogens with one attached hydrogen (secondary N) is 3. The Hall–Kier alpha value is -4.01. The Bertz CT molecular complexity index is 938. The van der Waals surface area contributed by atoms with Crippen molar-refractivity contribution >= 4 is 29.7 Å². The molecule has 1 atom stereocenters. The number of amides is 3. The van der Waals surface area contributed by atoms with Crippen LogP contribution in [-0.2, 0) is 23.9 Å². The minimum absolute atomic E-state index is 0.0392. The number of esters is 1. The highest BCUT2D eigenvalue weighted by molar-refractivity contribution is 6.07. The average molecular weight is 465 g/mol. The van der Waals surface area contributed by atoms with E-state index in [4.69, 9.17) is 4.74 Å². The first-order valence-corrected chi connectivity index (χ1v) is 11.1. The first-order chi connectivity index (χ1) is 16.5. The van der Waals surface area contributed by atoms with E-state index >= 15 is 0 Å². The summed E-state index contributed by atoms with van der Waals surface area (Å²) < 4.78 is 4.81. The Balaban J connectivity index is 1.58. The molecule has 0 heterocycles. The number of carbonyl (C=O) groups is 4. The molecular formula is C25H28N4O5. The van der Waals surface area contributed by atoms with E-state index in [9.17, 15) is 19.2 Å². The summed E-state index contributed by atoms with van der Waals surface area (Å²) in [7, 11) is 1.26. The normalized spacial score (nSPS) is 17.2. The molecule has 0 aromatic rings. The van der Waals surface area contributed by atoms with Crippen molar-refractivity contribution in [3.63, 3.8) is 0 Å². The van der Waals surface area contributed by atoms with Gasteiger partial charge in [0, 0.05) is 6.54 Å². The molecule has 0 radical (unpaired) electrons. The maximum absolute atomic E-state index is 12.5. The van der Waals surface area contributed by atoms with Gasteiger partial charge in [0.05, 0.1) is 24.9 Å². The predicted octanol–water partition coefficient (Wildman–Crippen LogP) is 1.24. The first-order valence-electron chi connectivity index (χ1n) is 11.1. The zero-order valence-electron chi connectivity index (χ0n) is 18.8. The number of guanidine groups is 1. The van der Waals surface area contributed by atoms with E-state index < -0.39 is 29.8 Å². The summed E-state index contributed by atoms with van der Waals surface area (Å²) in [6.45, 7) is 0.204. The lowest BCUT2D eigenvalue weighted by molar-refractivity contribution is -0.145. The maximum atomic E-state index is 12.5. The summed E-state index contributed by atoms with van der Waals surface area (Å²) in [5.74, 6) is -2.74. The van der Waals surface area contributed by atoms with Gasteiger partial charge in [0.1, 0.15) is 6.04 Å². The number of hydrogen-bond donors (Lipinski definition) is 3. The van der Waals surface area contributed by atoms with Crippen molar-refractivity contribution in [1.29, 1.82) is 0 Å². The van der Waals surface area contributed by atoms with Crippen LogP contribution in [0.3, 0.4) is 0 Å². The van der Waals surface area contributed by atoms with E-state index in [-0.39, 0.29) is 36.6 Å². The lowest BCUT2D eigenvalue weighted by atomic mass is 10.1. The largest absolute Gasteiger partial charge is 0.467 e. The number of allylic oxidation sites excluding steroid dienone is 6. The molecule has 0 saturated carbocycles. The second kappa shape index (κ2) is 12.3. The van der Waals surface area contributed by atoms with Crippen LogP contribution in [0.15, 0.2) is 77.9 Å². The van der Waals surface area contributed by atoms with Gasteiger partial charge in [-0.25, -0.2) is 4.79 Å². The summed E-state index contributed by atoms with van der Waals surface area (Å²) in [5, 5.41) is 8.02. The van der Waals surface area contributed by atoms with E-state index in [0.29, 0.717) is 6.42 Å². The van der Waals surface area contributed by atoms with Crippen molar-refractivity contribution in [2.75, 3.05) is 13.7 Å². The van der Waals surface area contributed by atoms with Crippen molar-refractivity contribution in [2.24, 2.45) is 22.7 Å². The van der Waals surface area contributed by atoms with Gasteiger partial charge in [-0.1, -0.05) is 72.9 Å². The van der Waals surface area contributed by atoms with Gasteiger partial charge in [-0.3, -0.25) is 30.0 Å². The van der Waals surface area contributed by atoms with Crippen LogP contribution in [0, 0.1) is 17.8 Å². The van der Waals surface area contributed by atoms with Crippen molar-refractivity contribution in [1.82, 2.24) is 16.0 Å². The van der Waals surface area contributed by atoms with Crippen LogP contribution in [-0.4, -0.2) is 49.3 Å². The molecule has 9 nitrogen and oxygen atoms in total. The number of methoxy groups -OCH3 is 1. The predicted molar refractivity (Wildman–Crippen MR) is 127 cm³/mol. The standard InChI is InChI=1S/C25H28N4O5/c1-34-24(33)20(27-21(30)17-9-2-3-10-17)15-8-16-26-25(28-22(31)18-11-4-5-12-18)29-23(32)19-13-6-7-14-19/h2-7,9-14,17-20H,8,15-16H2,1H3,(H,27,30)(H2,26,28,29,31,32)/t20-/m0/s1. The molecule has 3 aliphatic rings. The fourth-order valence-corrected chi connectivity index (χ4v) is 3.48. The van der Waals surface area contributed by atoms with Gasteiger partial charge in [-0.05, 0) is 12.8 Å². The number of nitrogens with zero attached hydrogens (tertiary/aromatic N) is 1. The van der Waals surface area contributed by atoms with Crippen molar-refractivity contribution in [3.05, 3.63) is 72.9 Å². The monoisotopic (exact) mass is 464 g/mol. The minimum Gasteiger partial charge on any atom is -0.467 e. The Labute approximate surface area is 198 Å². The van der Waals surface area contributed by atoms with E-state index in [1.165, 1.54) is 7.11 Å². The van der Waals surface area contributed by atoms with Crippen molar-refractivity contribution < 1.29 is 23.9 Å². The molecule has 0 fully saturated rings. The van der Waals surface area contributed by atoms with E-state index in [1.54, 1.807) is 72.9 Å². The van der Waals surface area contributed by atoms with Crippen LogP contribution < -0.4 is 16.0 Å². The maximum Gasteiger partial charge on any atom is 0.328 e. The zero-order valence-corrected chi connectivity index (χ0v) is 18.8. The quantitative estimate of drug-likeness (QED) is 0.205. The zero-order chi connectivity index (χ0) is 24.3. The second-order valence-electron chi connectivity index (χ2n) is 7.82. The molecule has 34 heavy (non-hydrogen) atoms. The van der Waals surface area contributed by atoms with Crippen LogP contribution in [0.4, 0.5) is 0 Å². The molecule has 3 N–H and O–H groups in total. The molecule has 3 amide bonds.